The lowest BCUT2D eigenvalue weighted by molar-refractivity contribution is -0.423. The van der Waals surface area contributed by atoms with Gasteiger partial charge in [-0.15, -0.1) is 4.37 Å². The van der Waals surface area contributed by atoms with E-state index in [1.165, 1.54) is 0 Å². The fourth-order valence-electron chi connectivity index (χ4n) is 2.46. The van der Waals surface area contributed by atoms with Crippen molar-refractivity contribution in [1.82, 2.24) is 13.6 Å². The molecule has 0 saturated carbocycles. The van der Waals surface area contributed by atoms with Gasteiger partial charge >= 0.3 is 36.2 Å². The van der Waals surface area contributed by atoms with Crippen molar-refractivity contribution in [1.29, 1.82) is 0 Å². The van der Waals surface area contributed by atoms with Crippen LogP contribution in [-0.4, -0.2) is 69.5 Å². The Morgan fingerprint density at radius 2 is 1.39 bits per heavy atom. The number of hydrogen-bond donors (Lipinski definition) is 0. The van der Waals surface area contributed by atoms with Crippen LogP contribution in [-0.2, 0) is 0 Å². The van der Waals surface area contributed by atoms with E-state index in [0.29, 0.717) is 0 Å². The predicted octanol–water partition coefficient (Wildman–Crippen LogP) is 5.63. The summed E-state index contributed by atoms with van der Waals surface area (Å²) in [5.41, 5.74) is -0.994. The van der Waals surface area contributed by atoms with E-state index in [2.05, 4.69) is 13.5 Å². The zero-order valence-corrected chi connectivity index (χ0v) is 16.2. The molecule has 2 rings (SSSR count). The number of alkyl halides is 14. The van der Waals surface area contributed by atoms with Crippen LogP contribution in [0.5, 0.6) is 5.88 Å². The van der Waals surface area contributed by atoms with Gasteiger partial charge in [0.1, 0.15) is 5.69 Å². The molecule has 0 aliphatic carbocycles. The first kappa shape index (κ1) is 27.3. The van der Waals surface area contributed by atoms with Crippen LogP contribution in [0.2, 0.25) is 0 Å². The second-order valence-electron chi connectivity index (χ2n) is 6.54. The van der Waals surface area contributed by atoms with E-state index in [1.54, 1.807) is 0 Å². The number of halogens is 14. The van der Waals surface area contributed by atoms with Gasteiger partial charge in [0.05, 0.1) is 11.7 Å². The fraction of sp³-hybridized carbons (Fsp3) is 0.714. The number of aromatic nitrogens is 2. The van der Waals surface area contributed by atoms with E-state index < -0.39 is 67.4 Å². The predicted molar refractivity (Wildman–Crippen MR) is 81.5 cm³/mol. The molecule has 0 N–H and O–H groups in total. The average Bonchev–Trinajstić information content (AvgIpc) is 3.13. The normalized spacial score (nSPS) is 17.8. The molecule has 1 aliphatic rings. The van der Waals surface area contributed by atoms with Gasteiger partial charge in [0.2, 0.25) is 0 Å². The summed E-state index contributed by atoms with van der Waals surface area (Å²) in [4.78, 5) is -0.0476. The maximum atomic E-state index is 13.7. The molecular weight excluding hydrogens is 524 g/mol. The van der Waals surface area contributed by atoms with Crippen LogP contribution in [0.3, 0.4) is 0 Å². The number of rotatable bonds is 7. The molecule has 0 aromatic carbocycles. The third kappa shape index (κ3) is 4.83. The van der Waals surface area contributed by atoms with Gasteiger partial charge in [-0.05, 0) is 12.0 Å². The molecule has 0 saturated heterocycles. The molecule has 0 fully saturated rings. The number of hydrogen-bond acceptors (Lipinski definition) is 5. The molecule has 0 spiro atoms. The first-order chi connectivity index (χ1) is 14.7. The Morgan fingerprint density at radius 1 is 0.818 bits per heavy atom. The SMILES string of the molecule is FC(F)(F)N1CCC=C(c2nsnc2OCC(F)(F)C(F)(F)C(F)(F)C(F)(F)C(F)(F)F)C1. The van der Waals surface area contributed by atoms with Gasteiger partial charge in [0.25, 0.3) is 5.88 Å². The molecule has 1 aliphatic heterocycles. The fourth-order valence-corrected chi connectivity index (χ4v) is 2.99. The van der Waals surface area contributed by atoms with Crippen LogP contribution < -0.4 is 4.74 Å². The summed E-state index contributed by atoms with van der Waals surface area (Å²) in [6, 6.07) is 0. The molecule has 2 heterocycles. The molecule has 0 atom stereocenters. The van der Waals surface area contributed by atoms with Crippen LogP contribution in [0.15, 0.2) is 6.08 Å². The van der Waals surface area contributed by atoms with E-state index in [4.69, 9.17) is 0 Å². The minimum Gasteiger partial charge on any atom is -0.469 e. The smallest absolute Gasteiger partial charge is 0.460 e. The Hall–Kier alpha value is -1.92. The second-order valence-corrected chi connectivity index (χ2v) is 7.07. The van der Waals surface area contributed by atoms with Gasteiger partial charge < -0.3 is 4.74 Å². The Bertz CT molecular complexity index is 875. The second kappa shape index (κ2) is 8.38. The van der Waals surface area contributed by atoms with Crippen LogP contribution in [0.25, 0.3) is 5.57 Å². The average molecular weight is 533 g/mol. The standard InChI is InChI=1S/C14H9F14N3OS/c15-9(16,10(17,18)11(19,20)12(21,22)13(23,24)25)5-32-8-7(29-33-30-8)6-2-1-3-31(4-6)14(26,27)28/h2H,1,3-5H2. The summed E-state index contributed by atoms with van der Waals surface area (Å²) in [7, 11) is 0. The van der Waals surface area contributed by atoms with E-state index in [9.17, 15) is 61.5 Å². The van der Waals surface area contributed by atoms with Gasteiger partial charge in [0, 0.05) is 13.1 Å². The van der Waals surface area contributed by atoms with Gasteiger partial charge in [-0.3, -0.25) is 0 Å². The Balaban J connectivity index is 2.25. The topological polar surface area (TPSA) is 38.2 Å². The van der Waals surface area contributed by atoms with Crippen molar-refractivity contribution in [3.63, 3.8) is 0 Å². The molecule has 0 amide bonds. The van der Waals surface area contributed by atoms with Crippen LogP contribution in [0, 0.1) is 0 Å². The molecule has 33 heavy (non-hydrogen) atoms. The minimum absolute atomic E-state index is 0.0476. The molecule has 0 radical (unpaired) electrons. The van der Waals surface area contributed by atoms with Gasteiger partial charge in [0.15, 0.2) is 6.61 Å². The van der Waals surface area contributed by atoms with Crippen molar-refractivity contribution < 1.29 is 66.2 Å². The highest BCUT2D eigenvalue weighted by molar-refractivity contribution is 6.99. The summed E-state index contributed by atoms with van der Waals surface area (Å²) < 4.78 is 192. The monoisotopic (exact) mass is 533 g/mol. The first-order valence-corrected chi connectivity index (χ1v) is 8.94. The maximum Gasteiger partial charge on any atom is 0.460 e. The lowest BCUT2D eigenvalue weighted by atomic mass is 9.98. The molecule has 1 aromatic heterocycles. The molecule has 190 valence electrons. The van der Waals surface area contributed by atoms with Crippen LogP contribution >= 0.6 is 11.7 Å². The van der Waals surface area contributed by atoms with Crippen molar-refractivity contribution in [3.05, 3.63) is 11.8 Å². The molecular formula is C14H9F14N3OS. The van der Waals surface area contributed by atoms with Gasteiger partial charge in [-0.1, -0.05) is 6.08 Å². The number of nitrogens with zero attached hydrogens (tertiary/aromatic N) is 3. The Morgan fingerprint density at radius 3 is 1.91 bits per heavy atom. The van der Waals surface area contributed by atoms with E-state index in [-0.39, 0.29) is 28.6 Å². The van der Waals surface area contributed by atoms with Gasteiger partial charge in [-0.2, -0.15) is 65.8 Å². The van der Waals surface area contributed by atoms with E-state index >= 15 is 0 Å². The summed E-state index contributed by atoms with van der Waals surface area (Å²) >= 11 is 0.125. The third-order valence-electron chi connectivity index (χ3n) is 4.27. The summed E-state index contributed by atoms with van der Waals surface area (Å²) in [5.74, 6) is -29.9. The molecule has 0 unspecified atom stereocenters. The lowest BCUT2D eigenvalue weighted by Gasteiger charge is -2.36. The van der Waals surface area contributed by atoms with Crippen LogP contribution in [0.1, 0.15) is 12.1 Å². The molecule has 19 heteroatoms. The Kier molecular flexibility index (Phi) is 6.94. The highest BCUT2D eigenvalue weighted by atomic mass is 32.1. The van der Waals surface area contributed by atoms with Crippen molar-refractivity contribution in [2.75, 3.05) is 19.7 Å². The van der Waals surface area contributed by atoms with Crippen molar-refractivity contribution in [3.8, 4) is 5.88 Å². The third-order valence-corrected chi connectivity index (χ3v) is 4.78. The molecule has 0 bridgehead atoms. The van der Waals surface area contributed by atoms with Crippen molar-refractivity contribution in [2.24, 2.45) is 0 Å². The maximum absolute atomic E-state index is 13.7. The highest BCUT2D eigenvalue weighted by Gasteiger charge is 2.87. The summed E-state index contributed by atoms with van der Waals surface area (Å²) in [5, 5.41) is 0. The summed E-state index contributed by atoms with van der Waals surface area (Å²) in [6.45, 7) is -4.29. The molecule has 4 nitrogen and oxygen atoms in total. The minimum atomic E-state index is -7.60. The van der Waals surface area contributed by atoms with Crippen molar-refractivity contribution in [2.45, 2.75) is 42.6 Å². The molecule has 1 aromatic rings. The van der Waals surface area contributed by atoms with Gasteiger partial charge in [-0.25, -0.2) is 4.90 Å². The number of ether oxygens (including phenoxy) is 1. The zero-order chi connectivity index (χ0) is 25.7. The van der Waals surface area contributed by atoms with Crippen LogP contribution in [0.4, 0.5) is 61.5 Å². The summed E-state index contributed by atoms with van der Waals surface area (Å²) in [6.07, 6.45) is -11.2. The van der Waals surface area contributed by atoms with Crippen molar-refractivity contribution >= 4 is 17.3 Å². The van der Waals surface area contributed by atoms with E-state index in [1.807, 2.05) is 0 Å². The highest BCUT2D eigenvalue weighted by Crippen LogP contribution is 2.57. The quantitative estimate of drug-likeness (QED) is 0.337. The zero-order valence-electron chi connectivity index (χ0n) is 15.4. The Labute approximate surface area is 178 Å². The first-order valence-electron chi connectivity index (χ1n) is 8.21. The van der Waals surface area contributed by atoms with E-state index in [0.717, 1.165) is 6.08 Å². The largest absolute Gasteiger partial charge is 0.469 e. The lowest BCUT2D eigenvalue weighted by Crippen LogP contribution is -2.67.